The quantitative estimate of drug-likeness (QED) is 0.666. The average Bonchev–Trinajstić information content (AvgIpc) is 2.81. The molecule has 1 aromatic heterocycles. The van der Waals surface area contributed by atoms with Gasteiger partial charge >= 0.3 is 5.97 Å². The number of carbonyl (C=O) groups is 1. The van der Waals surface area contributed by atoms with Crippen molar-refractivity contribution in [3.8, 4) is 5.75 Å². The molecule has 1 unspecified atom stereocenters. The predicted octanol–water partition coefficient (Wildman–Crippen LogP) is -0.402. The van der Waals surface area contributed by atoms with E-state index in [1.165, 1.54) is 7.11 Å². The van der Waals surface area contributed by atoms with Gasteiger partial charge in [0, 0.05) is 12.1 Å². The van der Waals surface area contributed by atoms with E-state index in [0.29, 0.717) is 0 Å². The van der Waals surface area contributed by atoms with Gasteiger partial charge in [-0.3, -0.25) is 9.89 Å². The molecule has 1 heterocycles. The average molecular weight is 297 g/mol. The number of ether oxygens (including phenoxy) is 1. The molecule has 0 saturated carbocycles. The molecule has 0 bridgehead atoms. The van der Waals surface area contributed by atoms with Crippen LogP contribution >= 0.6 is 0 Å². The molecular formula is C11H10AlF2N3O3. The monoisotopic (exact) mass is 297 g/mol. The summed E-state index contributed by atoms with van der Waals surface area (Å²) in [4.78, 5) is 10.8. The molecule has 2 radical (unpaired) electrons. The topological polar surface area (TPSA) is 101 Å². The third-order valence-electron chi connectivity index (χ3n) is 2.90. The van der Waals surface area contributed by atoms with Gasteiger partial charge in [0.2, 0.25) is 0 Å². The van der Waals surface area contributed by atoms with Crippen molar-refractivity contribution < 1.29 is 23.4 Å². The highest BCUT2D eigenvalue weighted by Crippen LogP contribution is 2.31. The molecule has 0 aliphatic rings. The minimum absolute atomic E-state index is 0.0651. The van der Waals surface area contributed by atoms with Gasteiger partial charge in [0.15, 0.2) is 27.9 Å². The molecule has 4 N–H and O–H groups in total. The zero-order valence-corrected chi connectivity index (χ0v) is 11.6. The first kappa shape index (κ1) is 14.7. The van der Waals surface area contributed by atoms with Crippen LogP contribution in [-0.2, 0) is 11.2 Å². The van der Waals surface area contributed by atoms with Crippen LogP contribution in [0.25, 0.3) is 10.9 Å². The first-order valence-electron chi connectivity index (χ1n) is 5.54. The lowest BCUT2D eigenvalue weighted by Crippen LogP contribution is -2.32. The maximum atomic E-state index is 13.8. The van der Waals surface area contributed by atoms with Crippen molar-refractivity contribution in [2.75, 3.05) is 7.11 Å². The van der Waals surface area contributed by atoms with Gasteiger partial charge in [0.25, 0.3) is 0 Å². The molecule has 9 heteroatoms. The second-order valence-corrected chi connectivity index (χ2v) is 4.73. The van der Waals surface area contributed by atoms with Crippen LogP contribution in [0.3, 0.4) is 0 Å². The number of nitrogens with two attached hydrogens (primary N) is 1. The largest absolute Gasteiger partial charge is 0.493 e. The first-order valence-corrected chi connectivity index (χ1v) is 6.12. The summed E-state index contributed by atoms with van der Waals surface area (Å²) < 4.78 is 32.3. The molecule has 20 heavy (non-hydrogen) atoms. The lowest BCUT2D eigenvalue weighted by atomic mass is 10.1. The molecule has 0 fully saturated rings. The van der Waals surface area contributed by atoms with Crippen molar-refractivity contribution in [2.24, 2.45) is 5.73 Å². The highest BCUT2D eigenvalue weighted by atomic mass is 27.0. The Bertz CT molecular complexity index is 689. The van der Waals surface area contributed by atoms with Gasteiger partial charge in [-0.05, 0) is 0 Å². The third kappa shape index (κ3) is 2.24. The molecule has 2 aromatic rings. The van der Waals surface area contributed by atoms with Gasteiger partial charge in [-0.2, -0.15) is 9.49 Å². The van der Waals surface area contributed by atoms with Crippen LogP contribution in [0.5, 0.6) is 5.75 Å². The Balaban J connectivity index is 2.67. The van der Waals surface area contributed by atoms with Gasteiger partial charge in [-0.25, -0.2) is 4.39 Å². The summed E-state index contributed by atoms with van der Waals surface area (Å²) in [5, 5.41) is 15.4. The normalized spacial score (nSPS) is 12.6. The number of nitrogens with one attached hydrogen (secondary N) is 1. The molecule has 0 saturated heterocycles. The second kappa shape index (κ2) is 5.36. The molecule has 1 atom stereocenters. The van der Waals surface area contributed by atoms with E-state index in [1.54, 1.807) is 0 Å². The Morgan fingerprint density at radius 3 is 2.75 bits per heavy atom. The molecule has 0 amide bonds. The molecule has 0 aliphatic heterocycles. The molecule has 0 spiro atoms. The van der Waals surface area contributed by atoms with E-state index in [-0.39, 0.29) is 33.2 Å². The molecule has 6 nitrogen and oxygen atoms in total. The number of aromatic nitrogens is 2. The van der Waals surface area contributed by atoms with Crippen molar-refractivity contribution in [1.29, 1.82) is 0 Å². The standard InChI is InChI=1S/C11H10F2N3O3.Al/c1-19-10-8-6(2-4(12)9(10)13)15-16-7(8)3-5(14)11(17)18;/h5H,3,14H2,1H3,(H,15,16)(H,17,18);. The Morgan fingerprint density at radius 1 is 1.55 bits per heavy atom. The number of hydrogen-bond acceptors (Lipinski definition) is 4. The number of carboxylic acids is 1. The maximum absolute atomic E-state index is 13.8. The predicted molar refractivity (Wildman–Crippen MR) is 67.3 cm³/mol. The third-order valence-corrected chi connectivity index (χ3v) is 3.42. The van der Waals surface area contributed by atoms with Crippen molar-refractivity contribution in [3.05, 3.63) is 17.3 Å². The van der Waals surface area contributed by atoms with Gasteiger partial charge in [0.05, 0.1) is 18.0 Å². The van der Waals surface area contributed by atoms with Crippen molar-refractivity contribution >= 4 is 37.6 Å². The lowest BCUT2D eigenvalue weighted by molar-refractivity contribution is -0.138. The number of H-pyrrole nitrogens is 1. The van der Waals surface area contributed by atoms with E-state index >= 15 is 0 Å². The summed E-state index contributed by atoms with van der Waals surface area (Å²) >= 11 is 2.06. The highest BCUT2D eigenvalue weighted by Gasteiger charge is 2.24. The lowest BCUT2D eigenvalue weighted by Gasteiger charge is -2.10. The summed E-state index contributed by atoms with van der Waals surface area (Å²) in [5.74, 6) is -3.78. The number of carboxylic acid groups (broad SMARTS) is 1. The van der Waals surface area contributed by atoms with Crippen LogP contribution < -0.4 is 14.9 Å². The fraction of sp³-hybridized carbons (Fsp3) is 0.273. The van der Waals surface area contributed by atoms with Crippen LogP contribution in [0.2, 0.25) is 0 Å². The summed E-state index contributed by atoms with van der Waals surface area (Å²) in [6.45, 7) is 0. The van der Waals surface area contributed by atoms with Crippen LogP contribution in [0.4, 0.5) is 8.78 Å². The summed E-state index contributed by atoms with van der Waals surface area (Å²) in [7, 11) is 1.19. The fourth-order valence-corrected chi connectivity index (χ4v) is 2.23. The number of benzene rings is 1. The summed E-state index contributed by atoms with van der Waals surface area (Å²) in [5.41, 5.74) is 5.86. The van der Waals surface area contributed by atoms with Gasteiger partial charge < -0.3 is 15.6 Å². The summed E-state index contributed by atoms with van der Waals surface area (Å²) in [6.07, 6.45) is -0.114. The molecule has 104 valence electrons. The number of methoxy groups -OCH3 is 1. The molecule has 1 aromatic carbocycles. The Labute approximate surface area is 120 Å². The zero-order valence-electron chi connectivity index (χ0n) is 10.4. The maximum Gasteiger partial charge on any atom is 0.320 e. The van der Waals surface area contributed by atoms with Gasteiger partial charge in [-0.15, -0.1) is 0 Å². The van der Waals surface area contributed by atoms with E-state index in [4.69, 9.17) is 15.6 Å². The number of rotatable bonds is 4. The van der Waals surface area contributed by atoms with E-state index in [0.717, 1.165) is 0 Å². The van der Waals surface area contributed by atoms with E-state index in [2.05, 4.69) is 26.5 Å². The SMILES string of the molecule is COc1c(F)c(F)[c]([Al])c2n[nH]c(CC(N)C(=O)O)c12. The van der Waals surface area contributed by atoms with Gasteiger partial charge in [-0.1, -0.05) is 4.43 Å². The Kier molecular flexibility index (Phi) is 3.95. The summed E-state index contributed by atoms with van der Waals surface area (Å²) in [6, 6.07) is -1.19. The highest BCUT2D eigenvalue weighted by molar-refractivity contribution is 6.38. The minimum Gasteiger partial charge on any atom is -0.493 e. The minimum atomic E-state index is -1.21. The van der Waals surface area contributed by atoms with Crippen molar-refractivity contribution in [2.45, 2.75) is 12.5 Å². The van der Waals surface area contributed by atoms with Crippen molar-refractivity contribution in [1.82, 2.24) is 10.2 Å². The van der Waals surface area contributed by atoms with Crippen LogP contribution in [0, 0.1) is 11.6 Å². The fourth-order valence-electron chi connectivity index (χ4n) is 1.90. The number of hydrogen-bond donors (Lipinski definition) is 3. The molecule has 0 aliphatic carbocycles. The number of fused-ring (bicyclic) bond motifs is 1. The number of aromatic amines is 1. The Hall–Kier alpha value is -1.69. The van der Waals surface area contributed by atoms with E-state index in [9.17, 15) is 13.6 Å². The van der Waals surface area contributed by atoms with Crippen LogP contribution in [0.1, 0.15) is 5.69 Å². The zero-order chi connectivity index (χ0) is 15.0. The van der Waals surface area contributed by atoms with E-state index < -0.39 is 23.6 Å². The Morgan fingerprint density at radius 2 is 2.20 bits per heavy atom. The number of nitrogens with zero attached hydrogens (tertiary/aromatic N) is 1. The molecular weight excluding hydrogens is 287 g/mol. The number of aliphatic carboxylic acids is 1. The molecule has 2 rings (SSSR count). The second-order valence-electron chi connectivity index (χ2n) is 4.15. The van der Waals surface area contributed by atoms with Crippen LogP contribution in [-0.4, -0.2) is 50.7 Å². The van der Waals surface area contributed by atoms with Crippen LogP contribution in [0.15, 0.2) is 0 Å². The van der Waals surface area contributed by atoms with Crippen molar-refractivity contribution in [3.63, 3.8) is 0 Å². The number of halogens is 2. The first-order chi connectivity index (χ1) is 9.38. The van der Waals surface area contributed by atoms with Gasteiger partial charge in [0.1, 0.15) is 11.9 Å². The smallest absolute Gasteiger partial charge is 0.320 e. The van der Waals surface area contributed by atoms with E-state index in [1.807, 2.05) is 0 Å².